The van der Waals surface area contributed by atoms with Crippen LogP contribution in [0.3, 0.4) is 0 Å². The lowest BCUT2D eigenvalue weighted by Gasteiger charge is -2.01. The molecule has 4 heteroatoms. The molecule has 0 aromatic heterocycles. The van der Waals surface area contributed by atoms with Crippen LogP contribution in [0.15, 0.2) is 29.8 Å². The van der Waals surface area contributed by atoms with E-state index in [0.717, 1.165) is 0 Å². The second kappa shape index (κ2) is 4.51. The van der Waals surface area contributed by atoms with Gasteiger partial charge in [-0.25, -0.2) is 4.39 Å². The van der Waals surface area contributed by atoms with Crippen LogP contribution in [-0.2, 0) is 4.79 Å². The fraction of sp³-hybridized carbons (Fsp3) is 0.333. The first-order valence-electron chi connectivity index (χ1n) is 5.98. The Balaban J connectivity index is 2.30. The zero-order valence-corrected chi connectivity index (χ0v) is 10.7. The largest absolute Gasteiger partial charge is 0.481 e. The highest BCUT2D eigenvalue weighted by molar-refractivity contribution is 5.78. The van der Waals surface area contributed by atoms with Crippen LogP contribution in [0.2, 0.25) is 0 Å². The quantitative estimate of drug-likeness (QED) is 0.848. The van der Waals surface area contributed by atoms with Gasteiger partial charge in [0, 0.05) is 11.5 Å². The number of nitriles is 1. The monoisotopic (exact) mass is 259 g/mol. The van der Waals surface area contributed by atoms with Crippen molar-refractivity contribution in [2.75, 3.05) is 0 Å². The van der Waals surface area contributed by atoms with Crippen molar-refractivity contribution in [2.45, 2.75) is 13.8 Å². The zero-order chi connectivity index (χ0) is 14.2. The van der Waals surface area contributed by atoms with Gasteiger partial charge in [0.05, 0.1) is 12.0 Å². The number of aliphatic carboxylic acids is 1. The van der Waals surface area contributed by atoms with E-state index in [1.54, 1.807) is 18.2 Å². The Labute approximate surface area is 111 Å². The minimum Gasteiger partial charge on any atom is -0.481 e. The Hall–Kier alpha value is -2.15. The smallest absolute Gasteiger partial charge is 0.307 e. The molecule has 0 spiro atoms. The first-order chi connectivity index (χ1) is 8.87. The molecule has 19 heavy (non-hydrogen) atoms. The van der Waals surface area contributed by atoms with Crippen molar-refractivity contribution in [3.05, 3.63) is 41.2 Å². The molecule has 2 rings (SSSR count). The Bertz CT molecular complexity index is 581. The molecule has 0 heterocycles. The summed E-state index contributed by atoms with van der Waals surface area (Å²) in [5, 5.41) is 18.3. The van der Waals surface area contributed by atoms with Crippen LogP contribution in [0.1, 0.15) is 19.4 Å². The maximum Gasteiger partial charge on any atom is 0.307 e. The van der Waals surface area contributed by atoms with E-state index in [4.69, 9.17) is 5.11 Å². The van der Waals surface area contributed by atoms with Crippen molar-refractivity contribution < 1.29 is 14.3 Å². The number of carboxylic acids is 1. The van der Waals surface area contributed by atoms with Gasteiger partial charge in [-0.05, 0) is 29.2 Å². The number of allylic oxidation sites excluding steroid dienone is 1. The lowest BCUT2D eigenvalue weighted by atomic mass is 10.0. The molecule has 1 saturated carbocycles. The van der Waals surface area contributed by atoms with Crippen molar-refractivity contribution in [3.63, 3.8) is 0 Å². The summed E-state index contributed by atoms with van der Waals surface area (Å²) in [5.74, 6) is -2.03. The molecule has 0 amide bonds. The van der Waals surface area contributed by atoms with Crippen LogP contribution in [0.5, 0.6) is 0 Å². The second-order valence-corrected chi connectivity index (χ2v) is 5.38. The van der Waals surface area contributed by atoms with Gasteiger partial charge in [0.25, 0.3) is 0 Å². The fourth-order valence-electron chi connectivity index (χ4n) is 2.61. The number of carboxylic acid groups (broad SMARTS) is 1. The van der Waals surface area contributed by atoms with E-state index < -0.39 is 17.3 Å². The lowest BCUT2D eigenvalue weighted by Crippen LogP contribution is -2.03. The van der Waals surface area contributed by atoms with Gasteiger partial charge in [0.2, 0.25) is 0 Å². The van der Waals surface area contributed by atoms with Gasteiger partial charge in [-0.3, -0.25) is 4.79 Å². The molecule has 1 aromatic rings. The molecule has 1 fully saturated rings. The molecule has 98 valence electrons. The summed E-state index contributed by atoms with van der Waals surface area (Å²) in [5.41, 5.74) is 0.724. The molecule has 2 unspecified atom stereocenters. The van der Waals surface area contributed by atoms with E-state index >= 15 is 0 Å². The first kappa shape index (κ1) is 13.3. The zero-order valence-electron chi connectivity index (χ0n) is 10.7. The standard InChI is InChI=1S/C15H14FNO2/c1-15(2)12(13(15)14(18)19)10(8-17)7-9-3-5-11(16)6-4-9/h3-7,12-13H,1-2H3,(H,18,19). The number of halogens is 1. The third-order valence-corrected chi connectivity index (χ3v) is 3.75. The summed E-state index contributed by atoms with van der Waals surface area (Å²) in [7, 11) is 0. The molecule has 0 aliphatic heterocycles. The van der Waals surface area contributed by atoms with Gasteiger partial charge in [-0.15, -0.1) is 0 Å². The van der Waals surface area contributed by atoms with E-state index in [0.29, 0.717) is 11.1 Å². The molecule has 0 radical (unpaired) electrons. The predicted molar refractivity (Wildman–Crippen MR) is 68.4 cm³/mol. The molecule has 1 aliphatic carbocycles. The fourth-order valence-corrected chi connectivity index (χ4v) is 2.61. The number of benzene rings is 1. The average Bonchev–Trinajstić information content (AvgIpc) is 2.92. The van der Waals surface area contributed by atoms with Crippen LogP contribution < -0.4 is 0 Å². The molecule has 0 saturated heterocycles. The molecule has 1 aromatic carbocycles. The van der Waals surface area contributed by atoms with Crippen molar-refractivity contribution in [1.82, 2.24) is 0 Å². The van der Waals surface area contributed by atoms with Crippen molar-refractivity contribution in [3.8, 4) is 6.07 Å². The Kier molecular flexibility index (Phi) is 3.15. The Morgan fingerprint density at radius 2 is 1.95 bits per heavy atom. The molecule has 2 atom stereocenters. The topological polar surface area (TPSA) is 61.1 Å². The van der Waals surface area contributed by atoms with Crippen LogP contribution in [0, 0.1) is 34.4 Å². The van der Waals surface area contributed by atoms with Gasteiger partial charge in [0.1, 0.15) is 5.82 Å². The number of hydrogen-bond donors (Lipinski definition) is 1. The van der Waals surface area contributed by atoms with Gasteiger partial charge in [-0.2, -0.15) is 5.26 Å². The van der Waals surface area contributed by atoms with Crippen molar-refractivity contribution in [1.29, 1.82) is 5.26 Å². The molecule has 3 nitrogen and oxygen atoms in total. The number of carbonyl (C=O) groups is 1. The summed E-state index contributed by atoms with van der Waals surface area (Å²) in [6.45, 7) is 3.68. The maximum absolute atomic E-state index is 12.8. The summed E-state index contributed by atoms with van der Waals surface area (Å²) in [6, 6.07) is 7.83. The lowest BCUT2D eigenvalue weighted by molar-refractivity contribution is -0.139. The minimum absolute atomic E-state index is 0.278. The van der Waals surface area contributed by atoms with E-state index in [1.807, 2.05) is 13.8 Å². The van der Waals surface area contributed by atoms with Gasteiger partial charge in [0.15, 0.2) is 0 Å². The summed E-state index contributed by atoms with van der Waals surface area (Å²) in [6.07, 6.45) is 1.63. The van der Waals surface area contributed by atoms with Crippen LogP contribution in [0.25, 0.3) is 6.08 Å². The Morgan fingerprint density at radius 3 is 2.37 bits per heavy atom. The summed E-state index contributed by atoms with van der Waals surface area (Å²) < 4.78 is 12.8. The molecule has 1 N–H and O–H groups in total. The van der Waals surface area contributed by atoms with Gasteiger partial charge >= 0.3 is 5.97 Å². The van der Waals surface area contributed by atoms with Gasteiger partial charge in [-0.1, -0.05) is 26.0 Å². The third-order valence-electron chi connectivity index (χ3n) is 3.75. The molecular weight excluding hydrogens is 245 g/mol. The highest BCUT2D eigenvalue weighted by Gasteiger charge is 2.63. The SMILES string of the molecule is CC1(C)C(C(=O)O)C1C(C#N)=Cc1ccc(F)cc1. The summed E-state index contributed by atoms with van der Waals surface area (Å²) >= 11 is 0. The van der Waals surface area contributed by atoms with Crippen molar-refractivity contribution >= 4 is 12.0 Å². The first-order valence-corrected chi connectivity index (χ1v) is 5.98. The number of hydrogen-bond acceptors (Lipinski definition) is 2. The molecular formula is C15H14FNO2. The maximum atomic E-state index is 12.8. The number of nitrogens with zero attached hydrogens (tertiary/aromatic N) is 1. The molecule has 0 bridgehead atoms. The highest BCUT2D eigenvalue weighted by Crippen LogP contribution is 2.61. The highest BCUT2D eigenvalue weighted by atomic mass is 19.1. The van der Waals surface area contributed by atoms with E-state index in [1.165, 1.54) is 12.1 Å². The Morgan fingerprint density at radius 1 is 1.37 bits per heavy atom. The van der Waals surface area contributed by atoms with Crippen LogP contribution in [-0.4, -0.2) is 11.1 Å². The number of rotatable bonds is 3. The van der Waals surface area contributed by atoms with E-state index in [9.17, 15) is 14.4 Å². The van der Waals surface area contributed by atoms with E-state index in [-0.39, 0.29) is 11.7 Å². The minimum atomic E-state index is -0.879. The second-order valence-electron chi connectivity index (χ2n) is 5.38. The van der Waals surface area contributed by atoms with E-state index in [2.05, 4.69) is 6.07 Å². The molecule has 1 aliphatic rings. The van der Waals surface area contributed by atoms with Gasteiger partial charge < -0.3 is 5.11 Å². The summed E-state index contributed by atoms with van der Waals surface area (Å²) in [4.78, 5) is 11.1. The van der Waals surface area contributed by atoms with Crippen molar-refractivity contribution in [2.24, 2.45) is 17.3 Å². The predicted octanol–water partition coefficient (Wildman–Crippen LogP) is 3.09. The van der Waals surface area contributed by atoms with Crippen LogP contribution >= 0.6 is 0 Å². The average molecular weight is 259 g/mol. The third kappa shape index (κ3) is 2.37. The normalized spacial score (nSPS) is 24.6. The van der Waals surface area contributed by atoms with Crippen LogP contribution in [0.4, 0.5) is 4.39 Å².